The molecule has 1 heterocycles. The fraction of sp³-hybridized carbons (Fsp3) is 0.350. The van der Waals surface area contributed by atoms with Gasteiger partial charge in [0.05, 0.1) is 11.4 Å². The first-order chi connectivity index (χ1) is 11.6. The van der Waals surface area contributed by atoms with Gasteiger partial charge >= 0.3 is 0 Å². The van der Waals surface area contributed by atoms with Gasteiger partial charge < -0.3 is 16.0 Å². The van der Waals surface area contributed by atoms with Crippen molar-refractivity contribution in [3.05, 3.63) is 53.6 Å². The van der Waals surface area contributed by atoms with Crippen LogP contribution in [0.1, 0.15) is 42.1 Å². The first-order valence-electron chi connectivity index (χ1n) is 8.59. The number of aryl methyl sites for hydroxylation is 1. The first-order valence-corrected chi connectivity index (χ1v) is 8.59. The quantitative estimate of drug-likeness (QED) is 0.832. The number of benzene rings is 2. The molecule has 1 aliphatic rings. The molecule has 0 bridgehead atoms. The SMILES string of the molecule is Cc1cc(N)c(NC(=O)c2ccccc2)cc1N1CCCCC1C. The summed E-state index contributed by atoms with van der Waals surface area (Å²) in [7, 11) is 0. The number of amides is 1. The number of hydrogen-bond donors (Lipinski definition) is 2. The third-order valence-electron chi connectivity index (χ3n) is 4.76. The molecule has 0 saturated carbocycles. The Morgan fingerprint density at radius 2 is 1.96 bits per heavy atom. The predicted molar refractivity (Wildman–Crippen MR) is 101 cm³/mol. The standard InChI is InChI=1S/C20H25N3O/c1-14-12-17(21)18(22-20(24)16-9-4-3-5-10-16)13-19(14)23-11-7-6-8-15(23)2/h3-5,9-10,12-13,15H,6-8,11,21H2,1-2H3,(H,22,24). The van der Waals surface area contributed by atoms with Crippen molar-refractivity contribution in [3.8, 4) is 0 Å². The Kier molecular flexibility index (Phi) is 4.74. The van der Waals surface area contributed by atoms with Crippen molar-refractivity contribution in [1.29, 1.82) is 0 Å². The van der Waals surface area contributed by atoms with Crippen LogP contribution in [0.25, 0.3) is 0 Å². The Balaban J connectivity index is 1.88. The summed E-state index contributed by atoms with van der Waals surface area (Å²) in [6.07, 6.45) is 3.69. The summed E-state index contributed by atoms with van der Waals surface area (Å²) in [5, 5.41) is 2.96. The van der Waals surface area contributed by atoms with Crippen molar-refractivity contribution in [1.82, 2.24) is 0 Å². The highest BCUT2D eigenvalue weighted by molar-refractivity contribution is 6.06. The molecule has 0 aromatic heterocycles. The van der Waals surface area contributed by atoms with E-state index in [1.807, 2.05) is 30.3 Å². The van der Waals surface area contributed by atoms with Gasteiger partial charge in [0, 0.05) is 23.8 Å². The Morgan fingerprint density at radius 1 is 1.21 bits per heavy atom. The van der Waals surface area contributed by atoms with Gasteiger partial charge in [0.1, 0.15) is 0 Å². The summed E-state index contributed by atoms with van der Waals surface area (Å²) in [5.74, 6) is -0.135. The Hall–Kier alpha value is -2.49. The molecule has 4 heteroatoms. The average molecular weight is 323 g/mol. The lowest BCUT2D eigenvalue weighted by molar-refractivity contribution is 0.102. The number of nitrogens with two attached hydrogens (primary N) is 1. The lowest BCUT2D eigenvalue weighted by Crippen LogP contribution is -2.37. The zero-order chi connectivity index (χ0) is 17.1. The van der Waals surface area contributed by atoms with Crippen LogP contribution in [0.4, 0.5) is 17.1 Å². The molecule has 24 heavy (non-hydrogen) atoms. The zero-order valence-electron chi connectivity index (χ0n) is 14.4. The van der Waals surface area contributed by atoms with Gasteiger partial charge in [0.15, 0.2) is 0 Å². The molecule has 1 aliphatic heterocycles. The topological polar surface area (TPSA) is 58.4 Å². The molecule has 3 rings (SSSR count). The fourth-order valence-corrected chi connectivity index (χ4v) is 3.38. The molecule has 2 aromatic rings. The third-order valence-corrected chi connectivity index (χ3v) is 4.76. The Bertz CT molecular complexity index is 727. The van der Waals surface area contributed by atoms with E-state index in [1.54, 1.807) is 12.1 Å². The molecule has 4 nitrogen and oxygen atoms in total. The molecule has 0 spiro atoms. The van der Waals surface area contributed by atoms with Crippen LogP contribution < -0.4 is 16.0 Å². The molecule has 1 amide bonds. The summed E-state index contributed by atoms with van der Waals surface area (Å²) in [5.41, 5.74) is 10.4. The smallest absolute Gasteiger partial charge is 0.255 e. The van der Waals surface area contributed by atoms with E-state index in [0.29, 0.717) is 23.0 Å². The number of carbonyl (C=O) groups excluding carboxylic acids is 1. The van der Waals surface area contributed by atoms with Gasteiger partial charge in [-0.15, -0.1) is 0 Å². The van der Waals surface area contributed by atoms with E-state index < -0.39 is 0 Å². The third kappa shape index (κ3) is 3.37. The van der Waals surface area contributed by atoms with Gasteiger partial charge in [-0.2, -0.15) is 0 Å². The van der Waals surface area contributed by atoms with Crippen molar-refractivity contribution in [2.24, 2.45) is 0 Å². The highest BCUT2D eigenvalue weighted by Crippen LogP contribution is 2.33. The van der Waals surface area contributed by atoms with Crippen LogP contribution in [0.5, 0.6) is 0 Å². The summed E-state index contributed by atoms with van der Waals surface area (Å²) in [4.78, 5) is 14.8. The maximum absolute atomic E-state index is 12.4. The largest absolute Gasteiger partial charge is 0.397 e. The zero-order valence-corrected chi connectivity index (χ0v) is 14.4. The predicted octanol–water partition coefficient (Wildman–Crippen LogP) is 4.21. The van der Waals surface area contributed by atoms with E-state index in [9.17, 15) is 4.79 Å². The lowest BCUT2D eigenvalue weighted by Gasteiger charge is -2.36. The van der Waals surface area contributed by atoms with Gasteiger partial charge in [-0.1, -0.05) is 18.2 Å². The summed E-state index contributed by atoms with van der Waals surface area (Å²) in [6, 6.07) is 13.7. The molecule has 1 atom stereocenters. The maximum Gasteiger partial charge on any atom is 0.255 e. The maximum atomic E-state index is 12.4. The fourth-order valence-electron chi connectivity index (χ4n) is 3.38. The number of nitrogens with one attached hydrogen (secondary N) is 1. The number of nitrogens with zero attached hydrogens (tertiary/aromatic N) is 1. The van der Waals surface area contributed by atoms with Crippen molar-refractivity contribution < 1.29 is 4.79 Å². The molecule has 1 saturated heterocycles. The van der Waals surface area contributed by atoms with E-state index in [2.05, 4.69) is 24.1 Å². The number of hydrogen-bond acceptors (Lipinski definition) is 3. The van der Waals surface area contributed by atoms with Crippen LogP contribution >= 0.6 is 0 Å². The molecule has 2 aromatic carbocycles. The molecule has 0 radical (unpaired) electrons. The first kappa shape index (κ1) is 16.4. The van der Waals surface area contributed by atoms with Crippen LogP contribution in [0.15, 0.2) is 42.5 Å². The highest BCUT2D eigenvalue weighted by Gasteiger charge is 2.21. The monoisotopic (exact) mass is 323 g/mol. The van der Waals surface area contributed by atoms with Crippen molar-refractivity contribution in [2.45, 2.75) is 39.2 Å². The van der Waals surface area contributed by atoms with Gasteiger partial charge in [-0.3, -0.25) is 4.79 Å². The van der Waals surface area contributed by atoms with Crippen molar-refractivity contribution in [2.75, 3.05) is 22.5 Å². The number of rotatable bonds is 3. The Morgan fingerprint density at radius 3 is 2.67 bits per heavy atom. The molecular weight excluding hydrogens is 298 g/mol. The van der Waals surface area contributed by atoms with E-state index in [0.717, 1.165) is 12.1 Å². The number of piperidine rings is 1. The van der Waals surface area contributed by atoms with Gasteiger partial charge in [0.2, 0.25) is 0 Å². The van der Waals surface area contributed by atoms with Crippen LogP contribution in [0.3, 0.4) is 0 Å². The molecular formula is C20H25N3O. The Labute approximate surface area is 143 Å². The second-order valence-corrected chi connectivity index (χ2v) is 6.58. The van der Waals surface area contributed by atoms with E-state index in [-0.39, 0.29) is 5.91 Å². The number of carbonyl (C=O) groups is 1. The molecule has 1 fully saturated rings. The minimum atomic E-state index is -0.135. The summed E-state index contributed by atoms with van der Waals surface area (Å²) >= 11 is 0. The normalized spacial score (nSPS) is 17.6. The lowest BCUT2D eigenvalue weighted by atomic mass is 10.0. The minimum Gasteiger partial charge on any atom is -0.397 e. The molecule has 1 unspecified atom stereocenters. The van der Waals surface area contributed by atoms with Crippen molar-refractivity contribution >= 4 is 23.0 Å². The van der Waals surface area contributed by atoms with Gasteiger partial charge in [0.25, 0.3) is 5.91 Å². The summed E-state index contributed by atoms with van der Waals surface area (Å²) < 4.78 is 0. The van der Waals surface area contributed by atoms with Crippen LogP contribution in [-0.4, -0.2) is 18.5 Å². The van der Waals surface area contributed by atoms with E-state index >= 15 is 0 Å². The average Bonchev–Trinajstić information content (AvgIpc) is 2.59. The van der Waals surface area contributed by atoms with Crippen LogP contribution in [0, 0.1) is 6.92 Å². The summed E-state index contributed by atoms with van der Waals surface area (Å²) in [6.45, 7) is 5.39. The van der Waals surface area contributed by atoms with Gasteiger partial charge in [-0.05, 0) is 62.9 Å². The van der Waals surface area contributed by atoms with Crippen molar-refractivity contribution in [3.63, 3.8) is 0 Å². The number of anilines is 3. The molecule has 0 aliphatic carbocycles. The van der Waals surface area contributed by atoms with Crippen LogP contribution in [-0.2, 0) is 0 Å². The van der Waals surface area contributed by atoms with E-state index in [4.69, 9.17) is 5.73 Å². The second kappa shape index (κ2) is 6.95. The van der Waals surface area contributed by atoms with Crippen LogP contribution in [0.2, 0.25) is 0 Å². The van der Waals surface area contributed by atoms with Gasteiger partial charge in [-0.25, -0.2) is 0 Å². The minimum absolute atomic E-state index is 0.135. The molecule has 3 N–H and O–H groups in total. The molecule has 126 valence electrons. The van der Waals surface area contributed by atoms with E-state index in [1.165, 1.54) is 24.9 Å². The number of nitrogen functional groups attached to an aromatic ring is 1. The highest BCUT2D eigenvalue weighted by atomic mass is 16.1. The second-order valence-electron chi connectivity index (χ2n) is 6.58.